The summed E-state index contributed by atoms with van der Waals surface area (Å²) in [5, 5.41) is 2.99. The van der Waals surface area contributed by atoms with Gasteiger partial charge in [-0.3, -0.25) is 0 Å². The quantitative estimate of drug-likeness (QED) is 0.857. The van der Waals surface area contributed by atoms with Crippen LogP contribution in [-0.2, 0) is 16.3 Å². The number of halogens is 2. The summed E-state index contributed by atoms with van der Waals surface area (Å²) in [6.45, 7) is 2.43. The molecule has 0 aliphatic rings. The lowest BCUT2D eigenvalue weighted by Gasteiger charge is -2.17. The number of sulfone groups is 1. The van der Waals surface area contributed by atoms with Crippen LogP contribution in [0.25, 0.3) is 0 Å². The third-order valence-corrected chi connectivity index (χ3v) is 3.49. The maximum atomic E-state index is 13.5. The van der Waals surface area contributed by atoms with E-state index in [1.165, 1.54) is 12.1 Å². The number of rotatable bonds is 6. The van der Waals surface area contributed by atoms with Crippen molar-refractivity contribution in [1.29, 1.82) is 0 Å². The van der Waals surface area contributed by atoms with Gasteiger partial charge < -0.3 is 5.32 Å². The fourth-order valence-electron chi connectivity index (χ4n) is 1.80. The molecule has 1 rings (SSSR count). The Labute approximate surface area is 106 Å². The lowest BCUT2D eigenvalue weighted by atomic mass is 10.1. The first kappa shape index (κ1) is 15.0. The normalized spacial score (nSPS) is 13.6. The summed E-state index contributed by atoms with van der Waals surface area (Å²) >= 11 is 0. The van der Waals surface area contributed by atoms with E-state index in [1.54, 1.807) is 0 Å². The van der Waals surface area contributed by atoms with Crippen LogP contribution in [0.2, 0.25) is 0 Å². The van der Waals surface area contributed by atoms with Crippen molar-refractivity contribution in [2.75, 3.05) is 18.6 Å². The monoisotopic (exact) mass is 277 g/mol. The maximum Gasteiger partial charge on any atom is 0.148 e. The molecule has 6 heteroatoms. The van der Waals surface area contributed by atoms with Gasteiger partial charge in [-0.05, 0) is 24.6 Å². The van der Waals surface area contributed by atoms with Crippen LogP contribution in [-0.4, -0.2) is 33.0 Å². The van der Waals surface area contributed by atoms with Crippen LogP contribution in [0, 0.1) is 11.6 Å². The largest absolute Gasteiger partial charge is 0.313 e. The Bertz CT molecular complexity index is 503. The topological polar surface area (TPSA) is 46.2 Å². The van der Waals surface area contributed by atoms with Crippen molar-refractivity contribution in [2.45, 2.75) is 19.4 Å². The molecule has 0 heterocycles. The average molecular weight is 277 g/mol. The molecule has 0 fully saturated rings. The van der Waals surface area contributed by atoms with E-state index < -0.39 is 21.5 Å². The number of hydrogen-bond donors (Lipinski definition) is 1. The van der Waals surface area contributed by atoms with Gasteiger partial charge in [-0.15, -0.1) is 0 Å². The number of nitrogens with one attached hydrogen (secondary N) is 1. The van der Waals surface area contributed by atoms with E-state index in [-0.39, 0.29) is 18.2 Å². The van der Waals surface area contributed by atoms with E-state index in [4.69, 9.17) is 0 Å². The molecule has 3 nitrogen and oxygen atoms in total. The van der Waals surface area contributed by atoms with E-state index >= 15 is 0 Å². The van der Waals surface area contributed by atoms with Crippen molar-refractivity contribution in [3.8, 4) is 0 Å². The van der Waals surface area contributed by atoms with E-state index in [9.17, 15) is 17.2 Å². The molecule has 18 heavy (non-hydrogen) atoms. The first-order valence-electron chi connectivity index (χ1n) is 5.67. The smallest absolute Gasteiger partial charge is 0.148 e. The van der Waals surface area contributed by atoms with Crippen molar-refractivity contribution in [2.24, 2.45) is 0 Å². The molecule has 1 atom stereocenters. The number of likely N-dealkylation sites (N-methyl/N-ethyl adjacent to an activating group) is 1. The Hall–Kier alpha value is -1.01. The Morgan fingerprint density at radius 2 is 2.00 bits per heavy atom. The van der Waals surface area contributed by atoms with Crippen LogP contribution in [0.4, 0.5) is 8.78 Å². The number of benzene rings is 1. The van der Waals surface area contributed by atoms with Gasteiger partial charge in [-0.1, -0.05) is 13.0 Å². The minimum atomic E-state index is -3.15. The lowest BCUT2D eigenvalue weighted by Crippen LogP contribution is -2.37. The van der Waals surface area contributed by atoms with Gasteiger partial charge >= 0.3 is 0 Å². The molecule has 1 unspecified atom stereocenters. The molecule has 0 aromatic heterocycles. The van der Waals surface area contributed by atoms with E-state index in [1.807, 2.05) is 6.92 Å². The van der Waals surface area contributed by atoms with E-state index in [0.29, 0.717) is 12.1 Å². The second kappa shape index (κ2) is 6.24. The fourth-order valence-corrected chi connectivity index (χ4v) is 2.76. The van der Waals surface area contributed by atoms with Gasteiger partial charge in [0, 0.05) is 18.4 Å². The van der Waals surface area contributed by atoms with Gasteiger partial charge in [-0.2, -0.15) is 0 Å². The first-order valence-corrected chi connectivity index (χ1v) is 7.73. The predicted molar refractivity (Wildman–Crippen MR) is 67.2 cm³/mol. The summed E-state index contributed by atoms with van der Waals surface area (Å²) < 4.78 is 48.7. The standard InChI is InChI=1S/C12H17F2NO2S/c1-3-15-11(8-18(2,16)17)6-9-4-5-10(13)7-12(9)14/h4-5,7,11,15H,3,6,8H2,1-2H3. The first-order chi connectivity index (χ1) is 8.31. The van der Waals surface area contributed by atoms with Crippen LogP contribution in [0.15, 0.2) is 18.2 Å². The highest BCUT2D eigenvalue weighted by atomic mass is 32.2. The summed E-state index contributed by atoms with van der Waals surface area (Å²) in [4.78, 5) is 0. The van der Waals surface area contributed by atoms with Gasteiger partial charge in [0.1, 0.15) is 21.5 Å². The second-order valence-corrected chi connectivity index (χ2v) is 6.47. The Morgan fingerprint density at radius 3 is 2.50 bits per heavy atom. The van der Waals surface area contributed by atoms with E-state index in [2.05, 4.69) is 5.32 Å². The molecule has 0 radical (unpaired) electrons. The summed E-state index contributed by atoms with van der Waals surface area (Å²) in [7, 11) is -3.15. The summed E-state index contributed by atoms with van der Waals surface area (Å²) in [5.41, 5.74) is 0.311. The van der Waals surface area contributed by atoms with Crippen LogP contribution < -0.4 is 5.32 Å². The van der Waals surface area contributed by atoms with Crippen LogP contribution in [0.5, 0.6) is 0 Å². The van der Waals surface area contributed by atoms with E-state index in [0.717, 1.165) is 12.3 Å². The highest BCUT2D eigenvalue weighted by Crippen LogP contribution is 2.12. The van der Waals surface area contributed by atoms with Crippen molar-refractivity contribution in [3.05, 3.63) is 35.4 Å². The minimum absolute atomic E-state index is 0.0718. The van der Waals surface area contributed by atoms with Gasteiger partial charge in [0.15, 0.2) is 0 Å². The van der Waals surface area contributed by atoms with Gasteiger partial charge in [-0.25, -0.2) is 17.2 Å². The molecule has 0 aliphatic carbocycles. The van der Waals surface area contributed by atoms with Crippen LogP contribution in [0.3, 0.4) is 0 Å². The SMILES string of the molecule is CCNC(Cc1ccc(F)cc1F)CS(C)(=O)=O. The average Bonchev–Trinajstić information content (AvgIpc) is 2.20. The molecule has 0 spiro atoms. The third-order valence-electron chi connectivity index (χ3n) is 2.48. The number of hydrogen-bond acceptors (Lipinski definition) is 3. The van der Waals surface area contributed by atoms with Gasteiger partial charge in [0.2, 0.25) is 0 Å². The molecular formula is C12H17F2NO2S. The minimum Gasteiger partial charge on any atom is -0.313 e. The maximum absolute atomic E-state index is 13.5. The molecule has 102 valence electrons. The third kappa shape index (κ3) is 5.10. The zero-order chi connectivity index (χ0) is 13.8. The molecule has 1 aromatic rings. The predicted octanol–water partition coefficient (Wildman–Crippen LogP) is 1.53. The van der Waals surface area contributed by atoms with Crippen molar-refractivity contribution in [1.82, 2.24) is 5.32 Å². The summed E-state index contributed by atoms with van der Waals surface area (Å²) in [5.74, 6) is -1.36. The van der Waals surface area contributed by atoms with Crippen LogP contribution >= 0.6 is 0 Å². The zero-order valence-electron chi connectivity index (χ0n) is 10.4. The molecular weight excluding hydrogens is 260 g/mol. The Morgan fingerprint density at radius 1 is 1.33 bits per heavy atom. The zero-order valence-corrected chi connectivity index (χ0v) is 11.2. The molecule has 0 bridgehead atoms. The van der Waals surface area contributed by atoms with Crippen molar-refractivity contribution < 1.29 is 17.2 Å². The highest BCUT2D eigenvalue weighted by Gasteiger charge is 2.17. The highest BCUT2D eigenvalue weighted by molar-refractivity contribution is 7.90. The summed E-state index contributed by atoms with van der Waals surface area (Å²) in [6, 6.07) is 2.95. The Balaban J connectivity index is 2.82. The molecule has 0 amide bonds. The second-order valence-electron chi connectivity index (χ2n) is 4.29. The molecule has 0 aliphatic heterocycles. The van der Waals surface area contributed by atoms with Gasteiger partial charge in [0.25, 0.3) is 0 Å². The Kier molecular flexibility index (Phi) is 5.22. The van der Waals surface area contributed by atoms with Crippen molar-refractivity contribution in [3.63, 3.8) is 0 Å². The van der Waals surface area contributed by atoms with Crippen molar-refractivity contribution >= 4 is 9.84 Å². The fraction of sp³-hybridized carbons (Fsp3) is 0.500. The van der Waals surface area contributed by atoms with Crippen LogP contribution in [0.1, 0.15) is 12.5 Å². The molecule has 1 aromatic carbocycles. The molecule has 0 saturated carbocycles. The lowest BCUT2D eigenvalue weighted by molar-refractivity contribution is 0.522. The molecule has 0 saturated heterocycles. The van der Waals surface area contributed by atoms with Gasteiger partial charge in [0.05, 0.1) is 5.75 Å². The molecule has 1 N–H and O–H groups in total. The summed E-state index contributed by atoms with van der Waals surface area (Å²) in [6.07, 6.45) is 1.35.